The monoisotopic (exact) mass is 198 g/mol. The molecule has 4 heteroatoms. The number of hydrogen-bond donors (Lipinski definition) is 1. The molecule has 0 radical (unpaired) electrons. The molecule has 0 aliphatic carbocycles. The Labute approximate surface area is 81.4 Å². The molecule has 1 atom stereocenters. The lowest BCUT2D eigenvalue weighted by Gasteiger charge is -2.22. The molecule has 1 aromatic heterocycles. The lowest BCUT2D eigenvalue weighted by atomic mass is 9.95. The van der Waals surface area contributed by atoms with Gasteiger partial charge in [-0.3, -0.25) is 4.98 Å². The second kappa shape index (κ2) is 3.61. The predicted octanol–water partition coefficient (Wildman–Crippen LogP) is 1.78. The number of alkyl halides is 2. The quantitative estimate of drug-likeness (QED) is 0.783. The van der Waals surface area contributed by atoms with Crippen LogP contribution in [-0.2, 0) is 5.92 Å². The molecule has 1 N–H and O–H groups in total. The van der Waals surface area contributed by atoms with Crippen molar-refractivity contribution in [2.75, 3.05) is 13.1 Å². The molecule has 2 heterocycles. The van der Waals surface area contributed by atoms with E-state index in [1.54, 1.807) is 6.07 Å². The first-order valence-electron chi connectivity index (χ1n) is 4.70. The van der Waals surface area contributed by atoms with Crippen molar-refractivity contribution in [3.63, 3.8) is 0 Å². The molecule has 1 unspecified atom stereocenters. The van der Waals surface area contributed by atoms with Gasteiger partial charge in [0.1, 0.15) is 0 Å². The van der Waals surface area contributed by atoms with Crippen LogP contribution in [0.4, 0.5) is 8.78 Å². The van der Waals surface area contributed by atoms with Crippen molar-refractivity contribution in [1.82, 2.24) is 10.3 Å². The molecule has 1 saturated heterocycles. The van der Waals surface area contributed by atoms with Crippen LogP contribution in [0.15, 0.2) is 24.5 Å². The van der Waals surface area contributed by atoms with E-state index in [2.05, 4.69) is 10.3 Å². The van der Waals surface area contributed by atoms with Gasteiger partial charge in [-0.05, 0) is 25.1 Å². The molecule has 0 spiro atoms. The highest BCUT2D eigenvalue weighted by Crippen LogP contribution is 2.38. The van der Waals surface area contributed by atoms with Gasteiger partial charge in [-0.2, -0.15) is 0 Å². The Morgan fingerprint density at radius 3 is 2.93 bits per heavy atom. The van der Waals surface area contributed by atoms with Gasteiger partial charge in [0.05, 0.1) is 0 Å². The largest absolute Gasteiger partial charge is 0.316 e. The maximum Gasteiger partial charge on any atom is 0.278 e. The van der Waals surface area contributed by atoms with E-state index in [0.29, 0.717) is 19.5 Å². The fourth-order valence-corrected chi connectivity index (χ4v) is 1.76. The number of nitrogens with zero attached hydrogens (tertiary/aromatic N) is 1. The number of halogens is 2. The highest BCUT2D eigenvalue weighted by atomic mass is 19.3. The highest BCUT2D eigenvalue weighted by molar-refractivity contribution is 5.16. The topological polar surface area (TPSA) is 24.9 Å². The van der Waals surface area contributed by atoms with Crippen molar-refractivity contribution in [3.05, 3.63) is 30.1 Å². The summed E-state index contributed by atoms with van der Waals surface area (Å²) in [5.74, 6) is -3.34. The summed E-state index contributed by atoms with van der Waals surface area (Å²) in [7, 11) is 0. The lowest BCUT2D eigenvalue weighted by molar-refractivity contribution is -0.0578. The summed E-state index contributed by atoms with van der Waals surface area (Å²) in [6.07, 6.45) is 3.28. The van der Waals surface area contributed by atoms with Gasteiger partial charge in [0.25, 0.3) is 5.92 Å². The third kappa shape index (κ3) is 1.62. The Hall–Kier alpha value is -1.03. The molecule has 14 heavy (non-hydrogen) atoms. The van der Waals surface area contributed by atoms with E-state index in [4.69, 9.17) is 0 Å². The van der Waals surface area contributed by atoms with Gasteiger partial charge >= 0.3 is 0 Å². The number of hydrogen-bond acceptors (Lipinski definition) is 2. The van der Waals surface area contributed by atoms with E-state index in [1.165, 1.54) is 18.5 Å². The number of nitrogens with one attached hydrogen (secondary N) is 1. The standard InChI is InChI=1S/C10H12F2N2/c11-10(12,9-3-5-14-7-9)8-2-1-4-13-6-8/h1-2,4,6,9,14H,3,5,7H2. The normalized spacial score (nSPS) is 22.6. The van der Waals surface area contributed by atoms with Crippen molar-refractivity contribution < 1.29 is 8.78 Å². The minimum absolute atomic E-state index is 0.0219. The second-order valence-corrected chi connectivity index (χ2v) is 3.55. The Morgan fingerprint density at radius 1 is 1.50 bits per heavy atom. The summed E-state index contributed by atoms with van der Waals surface area (Å²) >= 11 is 0. The molecule has 1 aromatic rings. The number of rotatable bonds is 2. The summed E-state index contributed by atoms with van der Waals surface area (Å²) in [5.41, 5.74) is 0.0219. The Balaban J connectivity index is 2.22. The average Bonchev–Trinajstić information content (AvgIpc) is 2.72. The zero-order chi connectivity index (χ0) is 10.0. The van der Waals surface area contributed by atoms with Crippen LogP contribution in [0, 0.1) is 5.92 Å². The van der Waals surface area contributed by atoms with Gasteiger partial charge in [-0.1, -0.05) is 0 Å². The van der Waals surface area contributed by atoms with E-state index >= 15 is 0 Å². The zero-order valence-corrected chi connectivity index (χ0v) is 7.71. The first-order chi connectivity index (χ1) is 6.71. The summed E-state index contributed by atoms with van der Waals surface area (Å²) < 4.78 is 27.6. The third-order valence-electron chi connectivity index (χ3n) is 2.62. The van der Waals surface area contributed by atoms with Crippen molar-refractivity contribution in [1.29, 1.82) is 0 Å². The Bertz CT molecular complexity index is 294. The van der Waals surface area contributed by atoms with Crippen LogP contribution < -0.4 is 5.32 Å². The fourth-order valence-electron chi connectivity index (χ4n) is 1.76. The summed E-state index contributed by atoms with van der Waals surface area (Å²) in [5, 5.41) is 2.95. The Morgan fingerprint density at radius 2 is 2.36 bits per heavy atom. The molecule has 76 valence electrons. The van der Waals surface area contributed by atoms with Crippen molar-refractivity contribution in [3.8, 4) is 0 Å². The van der Waals surface area contributed by atoms with Gasteiger partial charge in [-0.15, -0.1) is 0 Å². The molecule has 2 rings (SSSR count). The number of aromatic nitrogens is 1. The highest BCUT2D eigenvalue weighted by Gasteiger charge is 2.42. The minimum atomic E-state index is -2.75. The maximum atomic E-state index is 13.8. The van der Waals surface area contributed by atoms with Crippen molar-refractivity contribution >= 4 is 0 Å². The van der Waals surface area contributed by atoms with E-state index < -0.39 is 11.8 Å². The first kappa shape index (κ1) is 9.52. The first-order valence-corrected chi connectivity index (χ1v) is 4.70. The van der Waals surface area contributed by atoms with E-state index in [-0.39, 0.29) is 5.56 Å². The van der Waals surface area contributed by atoms with E-state index in [0.717, 1.165) is 0 Å². The summed E-state index contributed by atoms with van der Waals surface area (Å²) in [6.45, 7) is 1.07. The number of pyridine rings is 1. The SMILES string of the molecule is FC(F)(c1cccnc1)C1CCNC1. The smallest absolute Gasteiger partial charge is 0.278 e. The molecule has 1 aliphatic rings. The van der Waals surface area contributed by atoms with Crippen LogP contribution >= 0.6 is 0 Å². The third-order valence-corrected chi connectivity index (χ3v) is 2.62. The molecule has 2 nitrogen and oxygen atoms in total. The van der Waals surface area contributed by atoms with E-state index in [9.17, 15) is 8.78 Å². The van der Waals surface area contributed by atoms with Crippen LogP contribution in [0.25, 0.3) is 0 Å². The van der Waals surface area contributed by atoms with Gasteiger partial charge in [-0.25, -0.2) is 8.78 Å². The van der Waals surface area contributed by atoms with Crippen LogP contribution in [0.3, 0.4) is 0 Å². The second-order valence-electron chi connectivity index (χ2n) is 3.55. The maximum absolute atomic E-state index is 13.8. The summed E-state index contributed by atoms with van der Waals surface area (Å²) in [6, 6.07) is 2.98. The van der Waals surface area contributed by atoms with Gasteiger partial charge in [0.2, 0.25) is 0 Å². The van der Waals surface area contributed by atoms with Crippen LogP contribution in [0.1, 0.15) is 12.0 Å². The molecule has 0 saturated carbocycles. The predicted molar refractivity (Wildman–Crippen MR) is 49.1 cm³/mol. The molecule has 0 aromatic carbocycles. The lowest BCUT2D eigenvalue weighted by Crippen LogP contribution is -2.27. The average molecular weight is 198 g/mol. The fraction of sp³-hybridized carbons (Fsp3) is 0.500. The molecule has 0 bridgehead atoms. The van der Waals surface area contributed by atoms with E-state index in [1.807, 2.05) is 0 Å². The van der Waals surface area contributed by atoms with Crippen molar-refractivity contribution in [2.24, 2.45) is 5.92 Å². The molecule has 0 amide bonds. The van der Waals surface area contributed by atoms with Crippen LogP contribution in [-0.4, -0.2) is 18.1 Å². The molecule has 1 aliphatic heterocycles. The Kier molecular flexibility index (Phi) is 2.46. The molecular formula is C10H12F2N2. The minimum Gasteiger partial charge on any atom is -0.316 e. The van der Waals surface area contributed by atoms with Crippen molar-refractivity contribution in [2.45, 2.75) is 12.3 Å². The molecule has 1 fully saturated rings. The molecular weight excluding hydrogens is 186 g/mol. The van der Waals surface area contributed by atoms with Crippen LogP contribution in [0.5, 0.6) is 0 Å². The van der Waals surface area contributed by atoms with Gasteiger partial charge in [0.15, 0.2) is 0 Å². The van der Waals surface area contributed by atoms with Gasteiger partial charge < -0.3 is 5.32 Å². The summed E-state index contributed by atoms with van der Waals surface area (Å²) in [4.78, 5) is 3.72. The zero-order valence-electron chi connectivity index (χ0n) is 7.71. The van der Waals surface area contributed by atoms with Gasteiger partial charge in [0, 0.05) is 30.4 Å². The van der Waals surface area contributed by atoms with Crippen LogP contribution in [0.2, 0.25) is 0 Å².